The monoisotopic (exact) mass is 365 g/mol. The van der Waals surface area contributed by atoms with Crippen LogP contribution in [0.25, 0.3) is 5.65 Å². The topological polar surface area (TPSA) is 93.8 Å². The lowest BCUT2D eigenvalue weighted by molar-refractivity contribution is 0.139. The van der Waals surface area contributed by atoms with E-state index in [2.05, 4.69) is 10.2 Å². The van der Waals surface area contributed by atoms with Crippen LogP contribution in [0.15, 0.2) is 47.8 Å². The van der Waals surface area contributed by atoms with Crippen molar-refractivity contribution < 1.29 is 22.1 Å². The predicted octanol–water partition coefficient (Wildman–Crippen LogP) is 2.01. The van der Waals surface area contributed by atoms with E-state index in [1.54, 1.807) is 12.1 Å². The summed E-state index contributed by atoms with van der Waals surface area (Å²) >= 11 is 0. The summed E-state index contributed by atoms with van der Waals surface area (Å²) in [4.78, 5) is 0.0312. The van der Waals surface area contributed by atoms with E-state index >= 15 is 0 Å². The van der Waals surface area contributed by atoms with Crippen LogP contribution in [0.1, 0.15) is 23.7 Å². The predicted molar refractivity (Wildman–Crippen MR) is 86.8 cm³/mol. The van der Waals surface area contributed by atoms with Crippen molar-refractivity contribution in [1.82, 2.24) is 14.6 Å². The second-order valence-corrected chi connectivity index (χ2v) is 7.18. The molecule has 0 saturated heterocycles. The van der Waals surface area contributed by atoms with E-state index in [0.717, 1.165) is 11.8 Å². The number of nitrogens with zero attached hydrogens (tertiary/aromatic N) is 3. The summed E-state index contributed by atoms with van der Waals surface area (Å²) in [5, 5.41) is 17.5. The molecule has 0 fully saturated rings. The maximum atomic E-state index is 14.0. The van der Waals surface area contributed by atoms with Gasteiger partial charge in [-0.2, -0.15) is 8.42 Å². The van der Waals surface area contributed by atoms with Crippen molar-refractivity contribution in [2.45, 2.75) is 24.3 Å². The lowest BCUT2D eigenvalue weighted by atomic mass is 10.1. The number of hydrogen-bond acceptors (Lipinski definition) is 6. The van der Waals surface area contributed by atoms with E-state index < -0.39 is 22.0 Å². The van der Waals surface area contributed by atoms with Crippen LogP contribution in [-0.2, 0) is 14.3 Å². The first kappa shape index (κ1) is 17.5. The molecule has 0 spiro atoms. The van der Waals surface area contributed by atoms with Gasteiger partial charge < -0.3 is 5.11 Å². The van der Waals surface area contributed by atoms with Gasteiger partial charge in [0.2, 0.25) is 0 Å². The van der Waals surface area contributed by atoms with E-state index in [1.165, 1.54) is 28.9 Å². The molecule has 9 heteroatoms. The van der Waals surface area contributed by atoms with Crippen LogP contribution in [0.3, 0.4) is 0 Å². The number of pyridine rings is 1. The highest BCUT2D eigenvalue weighted by Gasteiger charge is 2.18. The van der Waals surface area contributed by atoms with Crippen molar-refractivity contribution in [3.05, 3.63) is 59.8 Å². The molecule has 3 rings (SSSR count). The number of hydrogen-bond donors (Lipinski definition) is 1. The lowest BCUT2D eigenvalue weighted by Crippen LogP contribution is -2.11. The average Bonchev–Trinajstić information content (AvgIpc) is 3.01. The minimum atomic E-state index is -3.92. The van der Waals surface area contributed by atoms with Crippen molar-refractivity contribution >= 4 is 15.8 Å². The number of aryl methyl sites for hydroxylation is 1. The Morgan fingerprint density at radius 1 is 1.32 bits per heavy atom. The van der Waals surface area contributed by atoms with Crippen LogP contribution >= 0.6 is 0 Å². The van der Waals surface area contributed by atoms with Crippen LogP contribution in [0.4, 0.5) is 4.39 Å². The molecule has 1 atom stereocenters. The van der Waals surface area contributed by atoms with Gasteiger partial charge in [0, 0.05) is 18.2 Å². The number of aromatic nitrogens is 3. The van der Waals surface area contributed by atoms with Crippen LogP contribution in [-0.4, -0.2) is 34.7 Å². The summed E-state index contributed by atoms with van der Waals surface area (Å²) in [5.74, 6) is -0.638. The molecule has 132 valence electrons. The Morgan fingerprint density at radius 2 is 2.04 bits per heavy atom. The van der Waals surface area contributed by atoms with Crippen molar-refractivity contribution in [1.29, 1.82) is 0 Å². The number of benzene rings is 1. The molecule has 7 nitrogen and oxygen atoms in total. The summed E-state index contributed by atoms with van der Waals surface area (Å²) in [6.07, 6.45) is 1.17. The van der Waals surface area contributed by atoms with Gasteiger partial charge in [-0.15, -0.1) is 10.2 Å². The van der Waals surface area contributed by atoms with E-state index in [0.29, 0.717) is 5.65 Å². The molecule has 0 amide bonds. The minimum absolute atomic E-state index is 0.0110. The zero-order valence-electron chi connectivity index (χ0n) is 13.3. The number of rotatable bonds is 6. The first-order valence-electron chi connectivity index (χ1n) is 7.50. The highest BCUT2D eigenvalue weighted by Crippen LogP contribution is 2.22. The quantitative estimate of drug-likeness (QED) is 0.672. The fourth-order valence-electron chi connectivity index (χ4n) is 2.31. The van der Waals surface area contributed by atoms with Gasteiger partial charge in [-0.25, -0.2) is 4.39 Å². The molecule has 2 heterocycles. The first-order chi connectivity index (χ1) is 11.9. The number of halogens is 1. The zero-order chi connectivity index (χ0) is 18.0. The van der Waals surface area contributed by atoms with Gasteiger partial charge in [-0.1, -0.05) is 17.7 Å². The zero-order valence-corrected chi connectivity index (χ0v) is 14.1. The first-order valence-corrected chi connectivity index (χ1v) is 8.90. The normalized spacial score (nSPS) is 13.2. The number of aliphatic hydroxyl groups is 1. The molecule has 0 bridgehead atoms. The van der Waals surface area contributed by atoms with E-state index in [4.69, 9.17) is 4.18 Å². The fourth-order valence-corrected chi connectivity index (χ4v) is 3.23. The third-order valence-corrected chi connectivity index (χ3v) is 5.04. The lowest BCUT2D eigenvalue weighted by Gasteiger charge is -2.12. The van der Waals surface area contributed by atoms with E-state index in [-0.39, 0.29) is 23.5 Å². The summed E-state index contributed by atoms with van der Waals surface area (Å²) in [6.45, 7) is 1.56. The molecule has 25 heavy (non-hydrogen) atoms. The second-order valence-electron chi connectivity index (χ2n) is 5.57. The van der Waals surface area contributed by atoms with Crippen molar-refractivity contribution in [2.24, 2.45) is 0 Å². The highest BCUT2D eigenvalue weighted by molar-refractivity contribution is 7.86. The minimum Gasteiger partial charge on any atom is -0.388 e. The van der Waals surface area contributed by atoms with Crippen molar-refractivity contribution in [2.75, 3.05) is 6.61 Å². The van der Waals surface area contributed by atoms with Crippen LogP contribution in [0.5, 0.6) is 0 Å². The largest absolute Gasteiger partial charge is 0.388 e. The molecule has 0 aliphatic rings. The molecule has 1 N–H and O–H groups in total. The van der Waals surface area contributed by atoms with Gasteiger partial charge in [0.15, 0.2) is 5.65 Å². The molecule has 2 aromatic heterocycles. The molecule has 0 radical (unpaired) electrons. The van der Waals surface area contributed by atoms with E-state index in [9.17, 15) is 17.9 Å². The Kier molecular flexibility index (Phi) is 4.80. The molecular formula is C16H16FN3O4S. The molecular weight excluding hydrogens is 349 g/mol. The smallest absolute Gasteiger partial charge is 0.296 e. The van der Waals surface area contributed by atoms with Crippen LogP contribution < -0.4 is 0 Å². The summed E-state index contributed by atoms with van der Waals surface area (Å²) in [6, 6.07) is 7.57. The molecule has 1 unspecified atom stereocenters. The summed E-state index contributed by atoms with van der Waals surface area (Å²) in [5.41, 5.74) is 1.31. The standard InChI is InChI=1S/C16H16FN3O4S/c1-11-2-4-12(5-3-11)25(22,23)24-7-6-15(21)13-8-16-19-18-10-20(16)9-14(13)17/h2-5,8-10,15,21H,6-7H2,1H3. The highest BCUT2D eigenvalue weighted by atomic mass is 32.2. The Bertz CT molecular complexity index is 986. The van der Waals surface area contributed by atoms with Crippen molar-refractivity contribution in [3.63, 3.8) is 0 Å². The SMILES string of the molecule is Cc1ccc(S(=O)(=O)OCCC(O)c2cc3nncn3cc2F)cc1. The van der Waals surface area contributed by atoms with Gasteiger partial charge in [0.1, 0.15) is 12.1 Å². The molecule has 0 saturated carbocycles. The van der Waals surface area contributed by atoms with Crippen molar-refractivity contribution in [3.8, 4) is 0 Å². The third-order valence-electron chi connectivity index (χ3n) is 3.71. The van der Waals surface area contributed by atoms with Gasteiger partial charge in [-0.05, 0) is 25.1 Å². The van der Waals surface area contributed by atoms with Crippen LogP contribution in [0.2, 0.25) is 0 Å². The van der Waals surface area contributed by atoms with Gasteiger partial charge in [-0.3, -0.25) is 8.58 Å². The summed E-state index contributed by atoms with van der Waals surface area (Å²) < 4.78 is 44.4. The molecule has 0 aliphatic carbocycles. The Balaban J connectivity index is 1.66. The second kappa shape index (κ2) is 6.87. The Morgan fingerprint density at radius 3 is 2.76 bits per heavy atom. The van der Waals surface area contributed by atoms with E-state index in [1.807, 2.05) is 6.92 Å². The fraction of sp³-hybridized carbons (Fsp3) is 0.250. The number of aliphatic hydroxyl groups excluding tert-OH is 1. The number of fused-ring (bicyclic) bond motifs is 1. The Hall–Kier alpha value is -2.36. The third kappa shape index (κ3) is 3.84. The van der Waals surface area contributed by atoms with Crippen LogP contribution in [0, 0.1) is 12.7 Å². The molecule has 3 aromatic rings. The van der Waals surface area contributed by atoms with Gasteiger partial charge in [0.05, 0.1) is 17.6 Å². The molecule has 1 aromatic carbocycles. The summed E-state index contributed by atoms with van der Waals surface area (Å²) in [7, 11) is -3.92. The van der Waals surface area contributed by atoms with Gasteiger partial charge in [0.25, 0.3) is 10.1 Å². The van der Waals surface area contributed by atoms with Gasteiger partial charge >= 0.3 is 0 Å². The average molecular weight is 365 g/mol. The Labute approximate surface area is 143 Å². The maximum absolute atomic E-state index is 14.0. The maximum Gasteiger partial charge on any atom is 0.296 e. The molecule has 0 aliphatic heterocycles.